The maximum Gasteiger partial charge on any atom is 0.354 e. The van der Waals surface area contributed by atoms with Crippen molar-refractivity contribution in [3.8, 4) is 0 Å². The second-order valence-corrected chi connectivity index (χ2v) is 8.39. The van der Waals surface area contributed by atoms with Crippen molar-refractivity contribution < 1.29 is 14.3 Å². The van der Waals surface area contributed by atoms with Crippen molar-refractivity contribution in [1.82, 2.24) is 0 Å². The number of rotatable bonds is 5. The van der Waals surface area contributed by atoms with Crippen molar-refractivity contribution in [1.29, 1.82) is 0 Å². The van der Waals surface area contributed by atoms with Gasteiger partial charge >= 0.3 is 5.97 Å². The zero-order valence-electron chi connectivity index (χ0n) is 15.8. The van der Waals surface area contributed by atoms with Crippen molar-refractivity contribution in [2.24, 2.45) is 4.99 Å². The second-order valence-electron chi connectivity index (χ2n) is 7.63. The van der Waals surface area contributed by atoms with Gasteiger partial charge in [0.15, 0.2) is 5.90 Å². The number of esters is 1. The third-order valence-electron chi connectivity index (χ3n) is 4.27. The molecule has 1 aliphatic heterocycles. The Kier molecular flexibility index (Phi) is 5.89. The molecule has 4 nitrogen and oxygen atoms in total. The predicted octanol–water partition coefficient (Wildman–Crippen LogP) is 4.91. The van der Waals surface area contributed by atoms with E-state index in [0.717, 1.165) is 11.1 Å². The van der Waals surface area contributed by atoms with Crippen molar-refractivity contribution in [2.75, 3.05) is 4.43 Å². The zero-order chi connectivity index (χ0) is 19.5. The first-order valence-corrected chi connectivity index (χ1v) is 10.5. The van der Waals surface area contributed by atoms with Gasteiger partial charge in [-0.05, 0) is 31.9 Å². The van der Waals surface area contributed by atoms with Crippen molar-refractivity contribution in [3.63, 3.8) is 0 Å². The van der Waals surface area contributed by atoms with Crippen LogP contribution in [-0.4, -0.2) is 27.5 Å². The first kappa shape index (κ1) is 19.9. The lowest BCUT2D eigenvalue weighted by atomic mass is 9.91. The van der Waals surface area contributed by atoms with Crippen molar-refractivity contribution in [3.05, 3.63) is 71.8 Å². The van der Waals surface area contributed by atoms with Crippen LogP contribution in [0.4, 0.5) is 0 Å². The van der Waals surface area contributed by atoms with E-state index in [2.05, 4.69) is 22.6 Å². The van der Waals surface area contributed by atoms with E-state index in [9.17, 15) is 4.79 Å². The molecular formula is C22H24INO3. The third-order valence-corrected chi connectivity index (χ3v) is 5.40. The number of halogens is 1. The normalized spacial score (nSPS) is 22.1. The Morgan fingerprint density at radius 1 is 1.11 bits per heavy atom. The molecule has 0 bridgehead atoms. The summed E-state index contributed by atoms with van der Waals surface area (Å²) in [6, 6.07) is 19.4. The third kappa shape index (κ3) is 4.51. The van der Waals surface area contributed by atoms with Gasteiger partial charge in [-0.3, -0.25) is 0 Å². The van der Waals surface area contributed by atoms with Gasteiger partial charge in [0.1, 0.15) is 11.6 Å². The van der Waals surface area contributed by atoms with Gasteiger partial charge in [-0.15, -0.1) is 0 Å². The lowest BCUT2D eigenvalue weighted by molar-refractivity contribution is -0.173. The lowest BCUT2D eigenvalue weighted by Gasteiger charge is -2.33. The fourth-order valence-electron chi connectivity index (χ4n) is 3.04. The molecule has 0 saturated heterocycles. The molecule has 1 heterocycles. The largest absolute Gasteiger partial charge is 0.459 e. The van der Waals surface area contributed by atoms with Crippen LogP contribution in [0.25, 0.3) is 0 Å². The highest BCUT2D eigenvalue weighted by Crippen LogP contribution is 2.42. The van der Waals surface area contributed by atoms with Gasteiger partial charge in [0.05, 0.1) is 4.43 Å². The number of benzene rings is 2. The van der Waals surface area contributed by atoms with E-state index in [4.69, 9.17) is 14.5 Å². The molecule has 0 amide bonds. The molecule has 3 rings (SSSR count). The van der Waals surface area contributed by atoms with E-state index in [-0.39, 0.29) is 5.97 Å². The second kappa shape index (κ2) is 8.00. The van der Waals surface area contributed by atoms with Gasteiger partial charge in [0.2, 0.25) is 5.60 Å². The summed E-state index contributed by atoms with van der Waals surface area (Å²) in [5, 5.41) is 0. The van der Waals surface area contributed by atoms with Crippen LogP contribution in [0.2, 0.25) is 0 Å². The minimum Gasteiger partial charge on any atom is -0.459 e. The van der Waals surface area contributed by atoms with Crippen LogP contribution in [0.5, 0.6) is 0 Å². The molecule has 0 radical (unpaired) electrons. The fourth-order valence-corrected chi connectivity index (χ4v) is 3.93. The number of alkyl halides is 1. The Morgan fingerprint density at radius 2 is 1.70 bits per heavy atom. The molecule has 0 aliphatic carbocycles. The Balaban J connectivity index is 1.97. The van der Waals surface area contributed by atoms with Crippen LogP contribution in [0, 0.1) is 0 Å². The Hall–Kier alpha value is -1.89. The van der Waals surface area contributed by atoms with E-state index >= 15 is 0 Å². The van der Waals surface area contributed by atoms with Crippen molar-refractivity contribution >= 4 is 34.5 Å². The highest BCUT2D eigenvalue weighted by atomic mass is 127. The highest BCUT2D eigenvalue weighted by Gasteiger charge is 2.55. The number of carbonyl (C=O) groups excluding carboxylic acids is 1. The zero-order valence-corrected chi connectivity index (χ0v) is 18.0. The summed E-state index contributed by atoms with van der Waals surface area (Å²) in [6.07, 6.45) is 0.547. The molecular weight excluding hydrogens is 453 g/mol. The molecule has 1 aliphatic rings. The first-order valence-electron chi connectivity index (χ1n) is 8.98. The van der Waals surface area contributed by atoms with Crippen LogP contribution in [0.15, 0.2) is 65.7 Å². The van der Waals surface area contributed by atoms with E-state index in [1.54, 1.807) is 0 Å². The average Bonchev–Trinajstić information content (AvgIpc) is 3.02. The molecule has 2 aromatic rings. The SMILES string of the molecule is CC(C)(C)OC(=O)[C@]1(CI)OC(Cc2ccccc2)=N[C@H]1c1ccccc1. The van der Waals surface area contributed by atoms with Crippen LogP contribution in [-0.2, 0) is 20.7 Å². The number of hydrogen-bond donors (Lipinski definition) is 0. The quantitative estimate of drug-likeness (QED) is 0.349. The van der Waals surface area contributed by atoms with E-state index < -0.39 is 17.2 Å². The van der Waals surface area contributed by atoms with Gasteiger partial charge in [0.25, 0.3) is 0 Å². The molecule has 0 N–H and O–H groups in total. The van der Waals surface area contributed by atoms with Gasteiger partial charge in [-0.1, -0.05) is 83.3 Å². The molecule has 27 heavy (non-hydrogen) atoms. The first-order chi connectivity index (χ1) is 12.8. The number of hydrogen-bond acceptors (Lipinski definition) is 4. The van der Waals surface area contributed by atoms with E-state index in [1.165, 1.54) is 0 Å². The van der Waals surface area contributed by atoms with Gasteiger partial charge in [-0.2, -0.15) is 0 Å². The number of aliphatic imine (C=N–C) groups is 1. The summed E-state index contributed by atoms with van der Waals surface area (Å²) >= 11 is 2.19. The van der Waals surface area contributed by atoms with Crippen LogP contribution in [0.1, 0.15) is 37.9 Å². The molecule has 2 atom stereocenters. The summed E-state index contributed by atoms with van der Waals surface area (Å²) in [4.78, 5) is 18.0. The summed E-state index contributed by atoms with van der Waals surface area (Å²) in [6.45, 7) is 5.60. The average molecular weight is 477 g/mol. The molecule has 2 aromatic carbocycles. The standard InChI is InChI=1S/C22H24INO3/c1-21(2,3)27-20(25)22(15-23)19(17-12-8-5-9-13-17)24-18(26-22)14-16-10-6-4-7-11-16/h4-13,19H,14-15H2,1-3H3/t19-,22+/m0/s1. The van der Waals surface area contributed by atoms with Crippen LogP contribution in [0.3, 0.4) is 0 Å². The lowest BCUT2D eigenvalue weighted by Crippen LogP contribution is -2.49. The molecule has 142 valence electrons. The minimum atomic E-state index is -1.15. The summed E-state index contributed by atoms with van der Waals surface area (Å²) < 4.78 is 12.4. The maximum atomic E-state index is 13.2. The summed E-state index contributed by atoms with van der Waals surface area (Å²) in [5.41, 5.74) is 0.293. The Labute approximate surface area is 174 Å². The summed E-state index contributed by atoms with van der Waals surface area (Å²) in [5.74, 6) is 0.197. The number of nitrogens with zero attached hydrogens (tertiary/aromatic N) is 1. The fraction of sp³-hybridized carbons (Fsp3) is 0.364. The highest BCUT2D eigenvalue weighted by molar-refractivity contribution is 14.1. The Bertz CT molecular complexity index is 814. The predicted molar refractivity (Wildman–Crippen MR) is 115 cm³/mol. The smallest absolute Gasteiger partial charge is 0.354 e. The number of ether oxygens (including phenoxy) is 2. The van der Waals surface area contributed by atoms with E-state index in [0.29, 0.717) is 16.7 Å². The number of carbonyl (C=O) groups is 1. The molecule has 0 spiro atoms. The topological polar surface area (TPSA) is 47.9 Å². The molecule has 5 heteroatoms. The van der Waals surface area contributed by atoms with Crippen molar-refractivity contribution in [2.45, 2.75) is 44.4 Å². The Morgan fingerprint density at radius 3 is 2.26 bits per heavy atom. The molecule has 0 fully saturated rings. The van der Waals surface area contributed by atoms with Crippen LogP contribution < -0.4 is 0 Å². The summed E-state index contributed by atoms with van der Waals surface area (Å²) in [7, 11) is 0. The van der Waals surface area contributed by atoms with Gasteiger partial charge in [-0.25, -0.2) is 9.79 Å². The van der Waals surface area contributed by atoms with Crippen LogP contribution >= 0.6 is 22.6 Å². The van der Waals surface area contributed by atoms with Gasteiger partial charge in [0, 0.05) is 6.42 Å². The van der Waals surface area contributed by atoms with Gasteiger partial charge < -0.3 is 9.47 Å². The minimum absolute atomic E-state index is 0.370. The molecule has 0 aromatic heterocycles. The monoisotopic (exact) mass is 477 g/mol. The van der Waals surface area contributed by atoms with E-state index in [1.807, 2.05) is 81.4 Å². The maximum absolute atomic E-state index is 13.2. The molecule has 0 saturated carbocycles. The molecule has 0 unspecified atom stereocenters.